The van der Waals surface area contributed by atoms with E-state index < -0.39 is 0 Å². The molecule has 75 heavy (non-hydrogen) atoms. The molecule has 0 aliphatic carbocycles. The zero-order valence-electron chi connectivity index (χ0n) is 41.5. The highest BCUT2D eigenvalue weighted by atomic mass is 16.3. The molecule has 0 saturated heterocycles. The number of hydrogen-bond donors (Lipinski definition) is 0. The van der Waals surface area contributed by atoms with Gasteiger partial charge in [-0.2, -0.15) is 0 Å². The Hall–Kier alpha value is -9.78. The van der Waals surface area contributed by atoms with E-state index in [0.717, 1.165) is 78.4 Å². The van der Waals surface area contributed by atoms with E-state index in [9.17, 15) is 0 Å². The molecule has 10 aromatic carbocycles. The van der Waals surface area contributed by atoms with Gasteiger partial charge in [0.05, 0.1) is 55.8 Å². The molecule has 0 radical (unpaired) electrons. The van der Waals surface area contributed by atoms with Crippen LogP contribution in [-0.4, -0.2) is 8.80 Å². The average molecular weight is 963 g/mol. The summed E-state index contributed by atoms with van der Waals surface area (Å²) < 4.78 is 18.6. The van der Waals surface area contributed by atoms with Crippen molar-refractivity contribution in [3.63, 3.8) is 0 Å². The SMILES string of the molecule is C=Cc1oc2c(N(c3cccc(C)c3)c3ccc4c5cc6c(cc5n5c7ccccc7c3c45)c3ccc(N(c4cccc(C)c4)c4cccc5c4oc4ccccc45)c4c5ccccc5n6c34)cccc2c1/C=C\C. The lowest BCUT2D eigenvalue weighted by Crippen LogP contribution is -2.11. The van der Waals surface area contributed by atoms with Gasteiger partial charge in [0.2, 0.25) is 0 Å². The number of nitrogens with zero attached hydrogens (tertiary/aromatic N) is 4. The van der Waals surface area contributed by atoms with Crippen molar-refractivity contribution >= 4 is 155 Å². The summed E-state index contributed by atoms with van der Waals surface area (Å²) in [6, 6.07) is 71.1. The Morgan fingerprint density at radius 1 is 0.413 bits per heavy atom. The highest BCUT2D eigenvalue weighted by Crippen LogP contribution is 2.53. The van der Waals surface area contributed by atoms with Gasteiger partial charge in [0.25, 0.3) is 0 Å². The second-order valence-electron chi connectivity index (χ2n) is 20.1. The van der Waals surface area contributed by atoms with Gasteiger partial charge in [0.15, 0.2) is 11.2 Å². The van der Waals surface area contributed by atoms with Crippen LogP contribution in [0.3, 0.4) is 0 Å². The summed E-state index contributed by atoms with van der Waals surface area (Å²) in [5, 5.41) is 12.9. The van der Waals surface area contributed by atoms with Crippen LogP contribution in [0, 0.1) is 13.8 Å². The molecule has 0 saturated carbocycles. The molecule has 0 aliphatic heterocycles. The Morgan fingerprint density at radius 2 is 0.907 bits per heavy atom. The molecule has 354 valence electrons. The van der Waals surface area contributed by atoms with Gasteiger partial charge in [0.1, 0.15) is 11.3 Å². The summed E-state index contributed by atoms with van der Waals surface area (Å²) in [6.45, 7) is 10.5. The number of hydrogen-bond acceptors (Lipinski definition) is 4. The third-order valence-electron chi connectivity index (χ3n) is 15.9. The number of aryl methyl sites for hydroxylation is 2. The van der Waals surface area contributed by atoms with Crippen LogP contribution >= 0.6 is 0 Å². The fraction of sp³-hybridized carbons (Fsp3) is 0.0435. The molecule has 0 aliphatic rings. The Kier molecular flexibility index (Phi) is 8.57. The van der Waals surface area contributed by atoms with Gasteiger partial charge < -0.3 is 27.4 Å². The number of furan rings is 2. The number of aromatic nitrogens is 2. The maximum atomic E-state index is 6.79. The number of fused-ring (bicyclic) bond motifs is 16. The molecular formula is C69H46N4O2. The van der Waals surface area contributed by atoms with Crippen molar-refractivity contribution in [3.8, 4) is 0 Å². The smallest absolute Gasteiger partial charge is 0.159 e. The quantitative estimate of drug-likeness (QED) is 0.152. The monoisotopic (exact) mass is 962 g/mol. The minimum absolute atomic E-state index is 0.757. The van der Waals surface area contributed by atoms with E-state index >= 15 is 0 Å². The molecule has 0 N–H and O–H groups in total. The molecule has 0 unspecified atom stereocenters. The molecule has 6 heteroatoms. The van der Waals surface area contributed by atoms with Crippen LogP contribution in [-0.2, 0) is 0 Å². The van der Waals surface area contributed by atoms with Gasteiger partial charge in [0, 0.05) is 76.2 Å². The molecule has 0 spiro atoms. The number of benzene rings is 10. The van der Waals surface area contributed by atoms with E-state index in [1.165, 1.54) is 87.3 Å². The van der Waals surface area contributed by atoms with Crippen LogP contribution in [0.5, 0.6) is 0 Å². The summed E-state index contributed by atoms with van der Waals surface area (Å²) in [5.74, 6) is 0.757. The number of anilines is 6. The van der Waals surface area contributed by atoms with E-state index in [2.05, 4.69) is 239 Å². The van der Waals surface area contributed by atoms with Crippen LogP contribution in [0.2, 0.25) is 0 Å². The van der Waals surface area contributed by atoms with E-state index in [1.54, 1.807) is 0 Å². The van der Waals surface area contributed by atoms with Gasteiger partial charge in [-0.15, -0.1) is 0 Å². The number of rotatable bonds is 8. The summed E-state index contributed by atoms with van der Waals surface area (Å²) in [5.41, 5.74) is 19.3. The molecule has 0 fully saturated rings. The van der Waals surface area contributed by atoms with Crippen LogP contribution in [0.25, 0.3) is 121 Å². The molecule has 16 aromatic rings. The molecule has 0 bridgehead atoms. The maximum absolute atomic E-state index is 6.79. The zero-order chi connectivity index (χ0) is 49.8. The van der Waals surface area contributed by atoms with E-state index in [4.69, 9.17) is 8.83 Å². The first-order chi connectivity index (χ1) is 37.0. The van der Waals surface area contributed by atoms with Crippen molar-refractivity contribution in [1.29, 1.82) is 0 Å². The third-order valence-corrected chi connectivity index (χ3v) is 15.9. The highest BCUT2D eigenvalue weighted by Gasteiger charge is 2.30. The van der Waals surface area contributed by atoms with Crippen molar-refractivity contribution in [2.75, 3.05) is 9.80 Å². The van der Waals surface area contributed by atoms with Gasteiger partial charge in [-0.1, -0.05) is 134 Å². The largest absolute Gasteiger partial charge is 0.454 e. The van der Waals surface area contributed by atoms with Crippen LogP contribution in [0.4, 0.5) is 34.1 Å². The lowest BCUT2D eigenvalue weighted by atomic mass is 10.0. The Morgan fingerprint density at radius 3 is 1.45 bits per heavy atom. The molecule has 6 nitrogen and oxygen atoms in total. The first-order valence-corrected chi connectivity index (χ1v) is 25.7. The maximum Gasteiger partial charge on any atom is 0.159 e. The minimum atomic E-state index is 0.757. The lowest BCUT2D eigenvalue weighted by Gasteiger charge is -2.27. The van der Waals surface area contributed by atoms with E-state index in [-0.39, 0.29) is 0 Å². The molecule has 0 amide bonds. The predicted molar refractivity (Wildman–Crippen MR) is 316 cm³/mol. The standard InChI is InChI=1S/C69H46N4O2/c1-5-17-44-48-25-15-29-58(68(48)74-62(44)6-2)70(42-20-13-18-40(3)36-42)56-34-32-46-52-38-61-53(39-60(52)72-54-27-10-7-23-50(54)64(56)66(46)72)47-33-35-57(65-51-24-8-11-28-55(51)73(61)67(47)65)71(43-21-14-19-41(4)37-43)59-30-16-26-49-45-22-9-12-31-63(45)75-69(49)59/h5-39H,2H2,1,3-4H3/b17-5-. The van der Waals surface area contributed by atoms with Crippen LogP contribution in [0.15, 0.2) is 216 Å². The van der Waals surface area contributed by atoms with Crippen LogP contribution in [0.1, 0.15) is 29.4 Å². The van der Waals surface area contributed by atoms with Crippen molar-refractivity contribution in [2.45, 2.75) is 20.8 Å². The summed E-state index contributed by atoms with van der Waals surface area (Å²) >= 11 is 0. The normalized spacial score (nSPS) is 12.5. The number of allylic oxidation sites excluding steroid dienone is 1. The Labute approximate surface area is 430 Å². The fourth-order valence-corrected chi connectivity index (χ4v) is 12.9. The van der Waals surface area contributed by atoms with E-state index in [1.807, 2.05) is 19.1 Å². The fourth-order valence-electron chi connectivity index (χ4n) is 12.9. The van der Waals surface area contributed by atoms with Crippen LogP contribution < -0.4 is 9.80 Å². The summed E-state index contributed by atoms with van der Waals surface area (Å²) in [4.78, 5) is 4.81. The Balaban J connectivity index is 0.982. The topological polar surface area (TPSA) is 41.6 Å². The molecular weight excluding hydrogens is 917 g/mol. The summed E-state index contributed by atoms with van der Waals surface area (Å²) in [6.07, 6.45) is 5.99. The highest BCUT2D eigenvalue weighted by molar-refractivity contribution is 6.32. The second-order valence-corrected chi connectivity index (χ2v) is 20.1. The Bertz CT molecular complexity index is 5100. The van der Waals surface area contributed by atoms with Gasteiger partial charge in [-0.05, 0) is 117 Å². The predicted octanol–water partition coefficient (Wildman–Crippen LogP) is 19.9. The van der Waals surface area contributed by atoms with Crippen molar-refractivity contribution in [1.82, 2.24) is 8.80 Å². The molecule has 0 atom stereocenters. The molecule has 6 heterocycles. The van der Waals surface area contributed by atoms with Crippen molar-refractivity contribution < 1.29 is 8.83 Å². The van der Waals surface area contributed by atoms with Gasteiger partial charge in [-0.3, -0.25) is 0 Å². The van der Waals surface area contributed by atoms with E-state index in [0.29, 0.717) is 0 Å². The lowest BCUT2D eigenvalue weighted by molar-refractivity contribution is 0.604. The number of para-hydroxylation sites is 5. The average Bonchev–Trinajstić information content (AvgIpc) is 4.45. The second kappa shape index (κ2) is 15.4. The van der Waals surface area contributed by atoms with Crippen molar-refractivity contribution in [3.05, 3.63) is 229 Å². The van der Waals surface area contributed by atoms with Gasteiger partial charge in [-0.25, -0.2) is 0 Å². The van der Waals surface area contributed by atoms with Gasteiger partial charge >= 0.3 is 0 Å². The first kappa shape index (κ1) is 41.8. The molecule has 16 rings (SSSR count). The minimum Gasteiger partial charge on any atom is -0.454 e. The third kappa shape index (κ3) is 5.63. The molecule has 6 aromatic heterocycles. The zero-order valence-corrected chi connectivity index (χ0v) is 41.5. The first-order valence-electron chi connectivity index (χ1n) is 25.7. The summed E-state index contributed by atoms with van der Waals surface area (Å²) in [7, 11) is 0. The van der Waals surface area contributed by atoms with Crippen molar-refractivity contribution in [2.24, 2.45) is 0 Å².